The van der Waals surface area contributed by atoms with Crippen molar-refractivity contribution in [1.29, 1.82) is 0 Å². The Morgan fingerprint density at radius 3 is 2.67 bits per heavy atom. The molecule has 86 valence electrons. The highest BCUT2D eigenvalue weighted by Gasteiger charge is 2.20. The molecule has 0 amide bonds. The molecule has 4 heteroatoms. The summed E-state index contributed by atoms with van der Waals surface area (Å²) in [6, 6.07) is 0. The highest BCUT2D eigenvalue weighted by atomic mass is 15.3. The average molecular weight is 210 g/mol. The largest absolute Gasteiger partial charge is 0.396 e. The van der Waals surface area contributed by atoms with Crippen molar-refractivity contribution in [2.24, 2.45) is 0 Å². The van der Waals surface area contributed by atoms with Crippen LogP contribution in [0.25, 0.3) is 0 Å². The summed E-state index contributed by atoms with van der Waals surface area (Å²) in [7, 11) is 2.15. The standard InChI is InChI=1S/C11H22N4/c1-5-11(2,3)14(4)6-7-15-9-10(12)8-13-15/h8-9H,5-7,12H2,1-4H3. The van der Waals surface area contributed by atoms with Crippen molar-refractivity contribution in [2.45, 2.75) is 39.3 Å². The fourth-order valence-electron chi connectivity index (χ4n) is 1.33. The Labute approximate surface area is 92.1 Å². The normalized spacial score (nSPS) is 12.3. The first-order valence-electron chi connectivity index (χ1n) is 5.45. The SMILES string of the molecule is CCC(C)(C)N(C)CCn1cc(N)cn1. The molecule has 15 heavy (non-hydrogen) atoms. The van der Waals surface area contributed by atoms with Crippen molar-refractivity contribution < 1.29 is 0 Å². The summed E-state index contributed by atoms with van der Waals surface area (Å²) in [6.45, 7) is 8.59. The zero-order valence-electron chi connectivity index (χ0n) is 10.2. The number of hydrogen-bond acceptors (Lipinski definition) is 3. The van der Waals surface area contributed by atoms with Crippen LogP contribution in [0.5, 0.6) is 0 Å². The molecule has 1 rings (SSSR count). The van der Waals surface area contributed by atoms with Crippen LogP contribution in [-0.2, 0) is 6.54 Å². The topological polar surface area (TPSA) is 47.1 Å². The van der Waals surface area contributed by atoms with Crippen molar-refractivity contribution in [1.82, 2.24) is 14.7 Å². The van der Waals surface area contributed by atoms with Crippen LogP contribution in [0.2, 0.25) is 0 Å². The first-order chi connectivity index (χ1) is 6.95. The lowest BCUT2D eigenvalue weighted by atomic mass is 10.0. The monoisotopic (exact) mass is 210 g/mol. The van der Waals surface area contributed by atoms with Crippen LogP contribution in [-0.4, -0.2) is 33.8 Å². The molecule has 0 fully saturated rings. The molecule has 0 radical (unpaired) electrons. The molecule has 0 saturated heterocycles. The third-order valence-corrected chi connectivity index (χ3v) is 3.22. The quantitative estimate of drug-likeness (QED) is 0.802. The first kappa shape index (κ1) is 12.0. The van der Waals surface area contributed by atoms with E-state index in [0.29, 0.717) is 0 Å². The second-order valence-electron chi connectivity index (χ2n) is 4.62. The molecule has 0 unspecified atom stereocenters. The van der Waals surface area contributed by atoms with Crippen molar-refractivity contribution >= 4 is 5.69 Å². The highest BCUT2D eigenvalue weighted by molar-refractivity contribution is 5.30. The maximum atomic E-state index is 5.60. The van der Waals surface area contributed by atoms with Crippen molar-refractivity contribution in [2.75, 3.05) is 19.3 Å². The molecule has 0 aliphatic carbocycles. The Balaban J connectivity index is 2.44. The van der Waals surface area contributed by atoms with Gasteiger partial charge in [0.15, 0.2) is 0 Å². The number of likely N-dealkylation sites (N-methyl/N-ethyl adjacent to an activating group) is 1. The van der Waals surface area contributed by atoms with E-state index in [9.17, 15) is 0 Å². The van der Waals surface area contributed by atoms with Crippen molar-refractivity contribution in [3.8, 4) is 0 Å². The highest BCUT2D eigenvalue weighted by Crippen LogP contribution is 2.15. The van der Waals surface area contributed by atoms with Crippen LogP contribution in [0.4, 0.5) is 5.69 Å². The van der Waals surface area contributed by atoms with Gasteiger partial charge in [0.05, 0.1) is 18.4 Å². The van der Waals surface area contributed by atoms with Gasteiger partial charge in [-0.3, -0.25) is 9.58 Å². The Morgan fingerprint density at radius 2 is 2.20 bits per heavy atom. The summed E-state index contributed by atoms with van der Waals surface area (Å²) in [4.78, 5) is 2.35. The van der Waals surface area contributed by atoms with E-state index in [4.69, 9.17) is 5.73 Å². The van der Waals surface area contributed by atoms with Crippen LogP contribution in [0, 0.1) is 0 Å². The molecule has 0 spiro atoms. The summed E-state index contributed by atoms with van der Waals surface area (Å²) >= 11 is 0. The van der Waals surface area contributed by atoms with E-state index in [1.807, 2.05) is 10.9 Å². The number of nitrogens with zero attached hydrogens (tertiary/aromatic N) is 3. The van der Waals surface area contributed by atoms with Crippen LogP contribution in [0.3, 0.4) is 0 Å². The van der Waals surface area contributed by atoms with Gasteiger partial charge in [-0.25, -0.2) is 0 Å². The van der Waals surface area contributed by atoms with Gasteiger partial charge in [0.25, 0.3) is 0 Å². The van der Waals surface area contributed by atoms with Gasteiger partial charge in [0.2, 0.25) is 0 Å². The zero-order valence-corrected chi connectivity index (χ0v) is 10.2. The van der Waals surface area contributed by atoms with E-state index in [0.717, 1.165) is 25.2 Å². The van der Waals surface area contributed by atoms with E-state index in [2.05, 4.69) is 37.8 Å². The van der Waals surface area contributed by atoms with Gasteiger partial charge in [-0.05, 0) is 27.3 Å². The minimum atomic E-state index is 0.249. The number of aromatic nitrogens is 2. The summed E-state index contributed by atoms with van der Waals surface area (Å²) in [5.41, 5.74) is 6.58. The smallest absolute Gasteiger partial charge is 0.0719 e. The van der Waals surface area contributed by atoms with Gasteiger partial charge in [0.1, 0.15) is 0 Å². The molecule has 2 N–H and O–H groups in total. The molecular weight excluding hydrogens is 188 g/mol. The predicted octanol–water partition coefficient (Wildman–Crippen LogP) is 1.59. The van der Waals surface area contributed by atoms with E-state index < -0.39 is 0 Å². The molecule has 0 saturated carbocycles. The first-order valence-corrected chi connectivity index (χ1v) is 5.45. The summed E-state index contributed by atoms with van der Waals surface area (Å²) < 4.78 is 1.89. The van der Waals surface area contributed by atoms with Crippen LogP contribution in [0.15, 0.2) is 12.4 Å². The fourth-order valence-corrected chi connectivity index (χ4v) is 1.33. The second-order valence-corrected chi connectivity index (χ2v) is 4.62. The Hall–Kier alpha value is -1.03. The Morgan fingerprint density at radius 1 is 1.53 bits per heavy atom. The molecule has 0 aromatic carbocycles. The number of nitrogens with two attached hydrogens (primary N) is 1. The molecule has 4 nitrogen and oxygen atoms in total. The lowest BCUT2D eigenvalue weighted by molar-refractivity contribution is 0.144. The van der Waals surface area contributed by atoms with Gasteiger partial charge < -0.3 is 5.73 Å². The molecule has 1 aromatic heterocycles. The van der Waals surface area contributed by atoms with Gasteiger partial charge >= 0.3 is 0 Å². The van der Waals surface area contributed by atoms with Gasteiger partial charge in [0, 0.05) is 18.3 Å². The maximum Gasteiger partial charge on any atom is 0.0719 e. The fraction of sp³-hybridized carbons (Fsp3) is 0.727. The van der Waals surface area contributed by atoms with E-state index in [1.165, 1.54) is 0 Å². The minimum Gasteiger partial charge on any atom is -0.396 e. The number of hydrogen-bond donors (Lipinski definition) is 1. The summed E-state index contributed by atoms with van der Waals surface area (Å²) in [5, 5.41) is 4.16. The number of anilines is 1. The van der Waals surface area contributed by atoms with Crippen molar-refractivity contribution in [3.63, 3.8) is 0 Å². The molecule has 0 bridgehead atoms. The van der Waals surface area contributed by atoms with Crippen LogP contribution < -0.4 is 5.73 Å². The lowest BCUT2D eigenvalue weighted by Crippen LogP contribution is -2.42. The van der Waals surface area contributed by atoms with Crippen LogP contribution in [0.1, 0.15) is 27.2 Å². The molecule has 1 heterocycles. The van der Waals surface area contributed by atoms with E-state index in [-0.39, 0.29) is 5.54 Å². The number of nitrogen functional groups attached to an aromatic ring is 1. The maximum absolute atomic E-state index is 5.60. The molecule has 1 aromatic rings. The third-order valence-electron chi connectivity index (χ3n) is 3.22. The third kappa shape index (κ3) is 3.23. The number of rotatable bonds is 5. The molecular formula is C11H22N4. The minimum absolute atomic E-state index is 0.249. The van der Waals surface area contributed by atoms with E-state index in [1.54, 1.807) is 6.20 Å². The molecule has 0 aliphatic heterocycles. The van der Waals surface area contributed by atoms with Gasteiger partial charge in [-0.15, -0.1) is 0 Å². The Bertz CT molecular complexity index is 303. The Kier molecular flexibility index (Phi) is 3.74. The summed E-state index contributed by atoms with van der Waals surface area (Å²) in [6.07, 6.45) is 4.70. The van der Waals surface area contributed by atoms with Gasteiger partial charge in [-0.1, -0.05) is 6.92 Å². The average Bonchev–Trinajstić information content (AvgIpc) is 2.60. The predicted molar refractivity (Wildman–Crippen MR) is 63.6 cm³/mol. The second kappa shape index (κ2) is 4.66. The van der Waals surface area contributed by atoms with Crippen LogP contribution >= 0.6 is 0 Å². The lowest BCUT2D eigenvalue weighted by Gasteiger charge is -2.34. The van der Waals surface area contributed by atoms with E-state index >= 15 is 0 Å². The zero-order chi connectivity index (χ0) is 11.5. The van der Waals surface area contributed by atoms with Gasteiger partial charge in [-0.2, -0.15) is 5.10 Å². The molecule has 0 atom stereocenters. The molecule has 0 aliphatic rings. The van der Waals surface area contributed by atoms with Crippen molar-refractivity contribution in [3.05, 3.63) is 12.4 Å². The summed E-state index contributed by atoms with van der Waals surface area (Å²) in [5.74, 6) is 0.